The molecule has 0 saturated carbocycles. The molecule has 2 N–H and O–H groups in total. The van der Waals surface area contributed by atoms with Crippen LogP contribution < -0.4 is 5.32 Å². The first kappa shape index (κ1) is 16.4. The van der Waals surface area contributed by atoms with Crippen LogP contribution in [0.15, 0.2) is 0 Å². The van der Waals surface area contributed by atoms with Gasteiger partial charge in [-0.2, -0.15) is 0 Å². The minimum Gasteiger partial charge on any atom is -0.480 e. The number of carbonyl (C=O) groups is 3. The maximum Gasteiger partial charge on any atom is 0.320 e. The number of nitrogens with zero attached hydrogens (tertiary/aromatic N) is 2. The Morgan fingerprint density at radius 1 is 1.35 bits per heavy atom. The van der Waals surface area contributed by atoms with Gasteiger partial charge in [0, 0.05) is 14.1 Å². The first-order valence-corrected chi connectivity index (χ1v) is 6.80. The fourth-order valence-electron chi connectivity index (χ4n) is 2.38. The Labute approximate surface area is 118 Å². The summed E-state index contributed by atoms with van der Waals surface area (Å²) in [7, 11) is 3.24. The lowest BCUT2D eigenvalue weighted by Crippen LogP contribution is -2.52. The van der Waals surface area contributed by atoms with Crippen LogP contribution >= 0.6 is 0 Å². The molecule has 2 atom stereocenters. The lowest BCUT2D eigenvalue weighted by Gasteiger charge is -2.32. The summed E-state index contributed by atoms with van der Waals surface area (Å²) >= 11 is 0. The lowest BCUT2D eigenvalue weighted by molar-refractivity contribution is -0.145. The number of rotatable bonds is 5. The maximum atomic E-state index is 11.9. The van der Waals surface area contributed by atoms with Crippen LogP contribution in [0, 0.1) is 0 Å². The molecule has 0 aromatic carbocycles. The van der Waals surface area contributed by atoms with Gasteiger partial charge in [0.05, 0.1) is 6.54 Å². The maximum absolute atomic E-state index is 11.9. The number of hydrogen-bond acceptors (Lipinski definition) is 4. The number of carboxylic acid groups (broad SMARTS) is 1. The molecule has 20 heavy (non-hydrogen) atoms. The molecule has 7 nitrogen and oxygen atoms in total. The number of likely N-dealkylation sites (N-methyl/N-ethyl adjacent to an activating group) is 1. The van der Waals surface area contributed by atoms with Crippen LogP contribution in [0.25, 0.3) is 0 Å². The highest BCUT2D eigenvalue weighted by Gasteiger charge is 2.30. The molecule has 1 aliphatic heterocycles. The second-order valence-corrected chi connectivity index (χ2v) is 5.34. The van der Waals surface area contributed by atoms with Crippen molar-refractivity contribution < 1.29 is 19.5 Å². The number of piperidine rings is 1. The zero-order valence-electron chi connectivity index (χ0n) is 12.3. The van der Waals surface area contributed by atoms with Gasteiger partial charge in [0.15, 0.2) is 0 Å². The van der Waals surface area contributed by atoms with E-state index in [0.29, 0.717) is 13.0 Å². The van der Waals surface area contributed by atoms with E-state index in [9.17, 15) is 14.4 Å². The van der Waals surface area contributed by atoms with Gasteiger partial charge in [0.25, 0.3) is 0 Å². The zero-order chi connectivity index (χ0) is 15.3. The molecule has 2 unspecified atom stereocenters. The highest BCUT2D eigenvalue weighted by Crippen LogP contribution is 2.16. The van der Waals surface area contributed by atoms with E-state index in [0.717, 1.165) is 12.8 Å². The third-order valence-corrected chi connectivity index (χ3v) is 3.43. The van der Waals surface area contributed by atoms with Gasteiger partial charge in [-0.15, -0.1) is 0 Å². The molecule has 1 fully saturated rings. The SMILES string of the molecule is CC(NC(=O)CN1CCCCC1C(=O)O)C(=O)N(C)C. The molecule has 0 aromatic rings. The number of amides is 2. The Kier molecular flexibility index (Phi) is 5.94. The van der Waals surface area contributed by atoms with E-state index in [4.69, 9.17) is 5.11 Å². The Morgan fingerprint density at radius 3 is 2.55 bits per heavy atom. The van der Waals surface area contributed by atoms with Crippen LogP contribution in [0.5, 0.6) is 0 Å². The summed E-state index contributed by atoms with van der Waals surface area (Å²) in [6.45, 7) is 2.23. The molecular weight excluding hydrogens is 262 g/mol. The standard InChI is InChI=1S/C13H23N3O4/c1-9(12(18)15(2)3)14-11(17)8-16-7-5-4-6-10(16)13(19)20/h9-10H,4-8H2,1-3H3,(H,14,17)(H,19,20). The summed E-state index contributed by atoms with van der Waals surface area (Å²) in [5, 5.41) is 11.7. The molecule has 0 radical (unpaired) electrons. The van der Waals surface area contributed by atoms with Crippen molar-refractivity contribution >= 4 is 17.8 Å². The van der Waals surface area contributed by atoms with E-state index in [2.05, 4.69) is 5.32 Å². The molecule has 2 amide bonds. The summed E-state index contributed by atoms with van der Waals surface area (Å²) in [6.07, 6.45) is 2.32. The number of nitrogens with one attached hydrogen (secondary N) is 1. The van der Waals surface area contributed by atoms with Gasteiger partial charge < -0.3 is 15.3 Å². The quantitative estimate of drug-likeness (QED) is 0.712. The normalized spacial score (nSPS) is 21.1. The van der Waals surface area contributed by atoms with Crippen LogP contribution in [0.1, 0.15) is 26.2 Å². The smallest absolute Gasteiger partial charge is 0.320 e. The van der Waals surface area contributed by atoms with E-state index in [1.165, 1.54) is 4.90 Å². The van der Waals surface area contributed by atoms with Crippen molar-refractivity contribution in [3.63, 3.8) is 0 Å². The predicted octanol–water partition coefficient (Wildman–Crippen LogP) is -0.482. The molecule has 0 spiro atoms. The molecule has 0 aliphatic carbocycles. The predicted molar refractivity (Wildman–Crippen MR) is 73.1 cm³/mol. The van der Waals surface area contributed by atoms with Crippen molar-refractivity contribution in [1.82, 2.24) is 15.1 Å². The van der Waals surface area contributed by atoms with Gasteiger partial charge in [0.1, 0.15) is 12.1 Å². The lowest BCUT2D eigenvalue weighted by atomic mass is 10.0. The summed E-state index contributed by atoms with van der Waals surface area (Å²) in [6, 6.07) is -1.21. The molecule has 1 rings (SSSR count). The van der Waals surface area contributed by atoms with Crippen molar-refractivity contribution in [3.05, 3.63) is 0 Å². The molecule has 7 heteroatoms. The van der Waals surface area contributed by atoms with Crippen molar-refractivity contribution in [2.45, 2.75) is 38.3 Å². The number of carboxylic acids is 1. The topological polar surface area (TPSA) is 90.0 Å². The van der Waals surface area contributed by atoms with Gasteiger partial charge in [-0.3, -0.25) is 19.3 Å². The molecular formula is C13H23N3O4. The van der Waals surface area contributed by atoms with E-state index in [1.54, 1.807) is 25.9 Å². The number of hydrogen-bond donors (Lipinski definition) is 2. The summed E-state index contributed by atoms with van der Waals surface area (Å²) in [4.78, 5) is 37.7. The van der Waals surface area contributed by atoms with Gasteiger partial charge in [-0.05, 0) is 26.3 Å². The molecule has 1 heterocycles. The average molecular weight is 285 g/mol. The Morgan fingerprint density at radius 2 is 2.00 bits per heavy atom. The zero-order valence-corrected chi connectivity index (χ0v) is 12.3. The fourth-order valence-corrected chi connectivity index (χ4v) is 2.38. The Bertz CT molecular complexity index is 384. The molecule has 1 aliphatic rings. The summed E-state index contributed by atoms with van der Waals surface area (Å²) < 4.78 is 0. The van der Waals surface area contributed by atoms with Crippen molar-refractivity contribution in [3.8, 4) is 0 Å². The average Bonchev–Trinajstić information content (AvgIpc) is 2.37. The highest BCUT2D eigenvalue weighted by atomic mass is 16.4. The third kappa shape index (κ3) is 4.48. The molecule has 0 bridgehead atoms. The van der Waals surface area contributed by atoms with Gasteiger partial charge in [0.2, 0.25) is 11.8 Å². The largest absolute Gasteiger partial charge is 0.480 e. The highest BCUT2D eigenvalue weighted by molar-refractivity contribution is 5.88. The monoisotopic (exact) mass is 285 g/mol. The molecule has 0 aromatic heterocycles. The van der Waals surface area contributed by atoms with Crippen molar-refractivity contribution in [2.24, 2.45) is 0 Å². The van der Waals surface area contributed by atoms with E-state index in [1.807, 2.05) is 0 Å². The van der Waals surface area contributed by atoms with Crippen LogP contribution in [0.2, 0.25) is 0 Å². The van der Waals surface area contributed by atoms with Crippen LogP contribution in [0.3, 0.4) is 0 Å². The second-order valence-electron chi connectivity index (χ2n) is 5.34. The third-order valence-electron chi connectivity index (χ3n) is 3.43. The molecule has 1 saturated heterocycles. The van der Waals surface area contributed by atoms with Gasteiger partial charge in [-0.25, -0.2) is 0 Å². The van der Waals surface area contributed by atoms with Gasteiger partial charge in [-0.1, -0.05) is 6.42 Å². The summed E-state index contributed by atoms with van der Waals surface area (Å²) in [5.41, 5.74) is 0. The minimum absolute atomic E-state index is 0.0159. The number of aliphatic carboxylic acids is 1. The number of likely N-dealkylation sites (tertiary alicyclic amines) is 1. The number of carbonyl (C=O) groups excluding carboxylic acids is 2. The van der Waals surface area contributed by atoms with Crippen molar-refractivity contribution in [2.75, 3.05) is 27.2 Å². The summed E-state index contributed by atoms with van der Waals surface area (Å²) in [5.74, 6) is -1.40. The Balaban J connectivity index is 2.52. The van der Waals surface area contributed by atoms with E-state index < -0.39 is 18.1 Å². The fraction of sp³-hybridized carbons (Fsp3) is 0.769. The van der Waals surface area contributed by atoms with Crippen molar-refractivity contribution in [1.29, 1.82) is 0 Å². The van der Waals surface area contributed by atoms with E-state index in [-0.39, 0.29) is 18.4 Å². The Hall–Kier alpha value is -1.63. The van der Waals surface area contributed by atoms with Gasteiger partial charge >= 0.3 is 5.97 Å². The minimum atomic E-state index is -0.894. The first-order valence-electron chi connectivity index (χ1n) is 6.80. The van der Waals surface area contributed by atoms with Crippen LogP contribution in [0.4, 0.5) is 0 Å². The van der Waals surface area contributed by atoms with Crippen LogP contribution in [-0.4, -0.2) is 72.0 Å². The first-order chi connectivity index (χ1) is 9.32. The van der Waals surface area contributed by atoms with E-state index >= 15 is 0 Å². The molecule has 114 valence electrons. The second kappa shape index (κ2) is 7.23. The van der Waals surface area contributed by atoms with Crippen LogP contribution in [-0.2, 0) is 14.4 Å².